The summed E-state index contributed by atoms with van der Waals surface area (Å²) in [5.74, 6) is 1.31. The third kappa shape index (κ3) is 9.18. The minimum absolute atomic E-state index is 0.217. The van der Waals surface area contributed by atoms with E-state index >= 15 is 0 Å². The van der Waals surface area contributed by atoms with Crippen molar-refractivity contribution in [3.05, 3.63) is 46.2 Å². The molecule has 1 amide bonds. The number of benzene rings is 1. The molecular weight excluding hydrogens is 528 g/mol. The molecule has 1 aliphatic heterocycles. The van der Waals surface area contributed by atoms with E-state index in [0.29, 0.717) is 6.54 Å². The number of hydrogen-bond donors (Lipinski definition) is 3. The number of aryl methyl sites for hydroxylation is 1. The second-order valence-corrected chi connectivity index (χ2v) is 10.9. The predicted octanol–water partition coefficient (Wildman–Crippen LogP) is 5.26. The van der Waals surface area contributed by atoms with E-state index in [4.69, 9.17) is 0 Å². The Labute approximate surface area is 232 Å². The van der Waals surface area contributed by atoms with Crippen LogP contribution >= 0.6 is 15.9 Å². The minimum Gasteiger partial charge on any atom is -0.384 e. The molecule has 3 rings (SSSR count). The first-order valence-corrected chi connectivity index (χ1v) is 14.7. The normalized spacial score (nSPS) is 18.0. The first-order valence-electron chi connectivity index (χ1n) is 13.9. The lowest BCUT2D eigenvalue weighted by molar-refractivity contribution is -0.127. The van der Waals surface area contributed by atoms with Crippen molar-refractivity contribution in [1.82, 2.24) is 15.5 Å². The lowest BCUT2D eigenvalue weighted by Crippen LogP contribution is -2.44. The fourth-order valence-corrected chi connectivity index (χ4v) is 4.91. The Hall–Kier alpha value is -2.32. The number of likely N-dealkylation sites (N-methyl/N-ethyl adjacent to an activating group) is 1. The summed E-state index contributed by atoms with van der Waals surface area (Å²) in [6.45, 7) is 12.2. The molecule has 0 radical (unpaired) electrons. The summed E-state index contributed by atoms with van der Waals surface area (Å²) < 4.78 is 0.912. The van der Waals surface area contributed by atoms with Crippen molar-refractivity contribution in [1.29, 1.82) is 0 Å². The summed E-state index contributed by atoms with van der Waals surface area (Å²) in [5, 5.41) is 10.0. The lowest BCUT2D eigenvalue weighted by atomic mass is 9.85. The molecule has 1 saturated heterocycles. The van der Waals surface area contributed by atoms with Crippen LogP contribution in [0.2, 0.25) is 0 Å². The van der Waals surface area contributed by atoms with Crippen molar-refractivity contribution < 1.29 is 4.79 Å². The van der Waals surface area contributed by atoms with Gasteiger partial charge in [0.1, 0.15) is 5.84 Å². The molecule has 0 aromatic heterocycles. The van der Waals surface area contributed by atoms with E-state index in [1.807, 2.05) is 13.1 Å². The van der Waals surface area contributed by atoms with Gasteiger partial charge < -0.3 is 25.8 Å². The molecule has 0 bridgehead atoms. The van der Waals surface area contributed by atoms with Crippen LogP contribution in [-0.2, 0) is 11.2 Å². The number of piperazine rings is 1. The third-order valence-electron chi connectivity index (χ3n) is 7.14. The molecule has 7 nitrogen and oxygen atoms in total. The van der Waals surface area contributed by atoms with Crippen molar-refractivity contribution in [3.63, 3.8) is 0 Å². The lowest BCUT2D eigenvalue weighted by Gasteiger charge is -2.34. The number of carbonyl (C=O) groups excluding carboxylic acids is 1. The Morgan fingerprint density at radius 1 is 1.14 bits per heavy atom. The maximum Gasteiger partial charge on any atom is 0.223 e. The molecule has 1 aliphatic carbocycles. The van der Waals surface area contributed by atoms with Crippen molar-refractivity contribution in [2.75, 3.05) is 56.5 Å². The van der Waals surface area contributed by atoms with Crippen LogP contribution in [0, 0.1) is 5.92 Å². The van der Waals surface area contributed by atoms with E-state index in [2.05, 4.69) is 91.8 Å². The van der Waals surface area contributed by atoms with Gasteiger partial charge in [-0.3, -0.25) is 4.79 Å². The molecule has 1 saturated carbocycles. The number of allylic oxidation sites excluding steroid dienone is 2. The number of carbonyl (C=O) groups is 1. The SMILES string of the molecule is CC/C=C(NCCCNC(=O)C1CCC1)/C(Br)=C\N=C(C)Nc1ccc(N2CCN(C)CC2)cc1CC. The number of anilines is 2. The number of aliphatic imine (C=N–C) groups is 1. The number of halogens is 1. The van der Waals surface area contributed by atoms with Gasteiger partial charge in [-0.2, -0.15) is 0 Å². The Kier molecular flexibility index (Phi) is 12.0. The summed E-state index contributed by atoms with van der Waals surface area (Å²) >= 11 is 3.69. The molecule has 37 heavy (non-hydrogen) atoms. The highest BCUT2D eigenvalue weighted by molar-refractivity contribution is 9.12. The van der Waals surface area contributed by atoms with Gasteiger partial charge in [0, 0.05) is 68.5 Å². The topological polar surface area (TPSA) is 72.0 Å². The molecular formula is C29H45BrN6O. The van der Waals surface area contributed by atoms with Crippen LogP contribution in [0.3, 0.4) is 0 Å². The first-order chi connectivity index (χ1) is 17.9. The number of amides is 1. The molecule has 2 aliphatic rings. The summed E-state index contributed by atoms with van der Waals surface area (Å²) in [7, 11) is 2.19. The Bertz CT molecular complexity index is 977. The molecule has 1 heterocycles. The molecule has 0 spiro atoms. The number of nitrogens with one attached hydrogen (secondary N) is 3. The first kappa shape index (κ1) is 29.2. The van der Waals surface area contributed by atoms with Crippen molar-refractivity contribution in [2.24, 2.45) is 10.9 Å². The van der Waals surface area contributed by atoms with Crippen molar-refractivity contribution in [2.45, 2.75) is 59.3 Å². The van der Waals surface area contributed by atoms with Crippen molar-refractivity contribution in [3.8, 4) is 0 Å². The maximum atomic E-state index is 12.0. The van der Waals surface area contributed by atoms with Crippen LogP contribution < -0.4 is 20.9 Å². The van der Waals surface area contributed by atoms with Gasteiger partial charge >= 0.3 is 0 Å². The zero-order valence-corrected chi connectivity index (χ0v) is 24.7. The number of hydrogen-bond acceptors (Lipinski definition) is 5. The number of amidine groups is 1. The molecule has 1 aromatic rings. The zero-order chi connectivity index (χ0) is 26.6. The largest absolute Gasteiger partial charge is 0.384 e. The average molecular weight is 574 g/mol. The zero-order valence-electron chi connectivity index (χ0n) is 23.1. The van der Waals surface area contributed by atoms with Gasteiger partial charge in [0.15, 0.2) is 0 Å². The molecule has 0 unspecified atom stereocenters. The summed E-state index contributed by atoms with van der Waals surface area (Å²) in [5.41, 5.74) is 4.73. The second kappa shape index (κ2) is 15.2. The van der Waals surface area contributed by atoms with E-state index < -0.39 is 0 Å². The Balaban J connectivity index is 1.52. The highest BCUT2D eigenvalue weighted by atomic mass is 79.9. The van der Waals surface area contributed by atoms with Gasteiger partial charge in [-0.25, -0.2) is 4.99 Å². The van der Waals surface area contributed by atoms with Gasteiger partial charge in [0.05, 0.1) is 4.48 Å². The van der Waals surface area contributed by atoms with Crippen LogP contribution in [0.25, 0.3) is 0 Å². The van der Waals surface area contributed by atoms with E-state index in [1.54, 1.807) is 0 Å². The summed E-state index contributed by atoms with van der Waals surface area (Å²) in [6, 6.07) is 6.71. The van der Waals surface area contributed by atoms with Crippen LogP contribution in [-0.4, -0.2) is 63.0 Å². The molecule has 0 atom stereocenters. The molecule has 3 N–H and O–H groups in total. The van der Waals surface area contributed by atoms with E-state index in [0.717, 1.165) is 86.5 Å². The Morgan fingerprint density at radius 3 is 2.51 bits per heavy atom. The molecule has 2 fully saturated rings. The van der Waals surface area contributed by atoms with E-state index in [9.17, 15) is 4.79 Å². The van der Waals surface area contributed by atoms with Crippen molar-refractivity contribution >= 4 is 39.0 Å². The smallest absolute Gasteiger partial charge is 0.223 e. The van der Waals surface area contributed by atoms with Gasteiger partial charge in [0.25, 0.3) is 0 Å². The number of rotatable bonds is 12. The number of nitrogens with zero attached hydrogens (tertiary/aromatic N) is 3. The quantitative estimate of drug-likeness (QED) is 0.138. The van der Waals surface area contributed by atoms with Gasteiger partial charge in [0.2, 0.25) is 5.91 Å². The van der Waals surface area contributed by atoms with Crippen LogP contribution in [0.15, 0.2) is 45.6 Å². The van der Waals surface area contributed by atoms with E-state index in [1.165, 1.54) is 17.7 Å². The predicted molar refractivity (Wildman–Crippen MR) is 161 cm³/mol. The fourth-order valence-electron chi connectivity index (χ4n) is 4.50. The fraction of sp³-hybridized carbons (Fsp3) is 0.586. The summed E-state index contributed by atoms with van der Waals surface area (Å²) in [4.78, 5) is 21.5. The van der Waals surface area contributed by atoms with Crippen LogP contribution in [0.4, 0.5) is 11.4 Å². The summed E-state index contributed by atoms with van der Waals surface area (Å²) in [6.07, 6.45) is 10.0. The highest BCUT2D eigenvalue weighted by Crippen LogP contribution is 2.26. The van der Waals surface area contributed by atoms with E-state index in [-0.39, 0.29) is 11.8 Å². The van der Waals surface area contributed by atoms with Gasteiger partial charge in [-0.05, 0) is 85.8 Å². The third-order valence-corrected chi connectivity index (χ3v) is 7.77. The van der Waals surface area contributed by atoms with Gasteiger partial charge in [-0.15, -0.1) is 0 Å². The minimum atomic E-state index is 0.217. The maximum absolute atomic E-state index is 12.0. The van der Waals surface area contributed by atoms with Crippen LogP contribution in [0.5, 0.6) is 0 Å². The molecule has 8 heteroatoms. The Morgan fingerprint density at radius 2 is 1.86 bits per heavy atom. The standard InChI is InChI=1S/C29H45BrN6O/c1-5-9-28(31-14-8-15-32-29(37)24-10-7-11-24)26(30)21-33-22(3)34-27-13-12-25(20-23(27)6-2)36-18-16-35(4)17-19-36/h9,12-13,20-21,24,31H,5-8,10-11,14-19H2,1-4H3,(H,32,37)(H,33,34)/b26-21+,28-9-. The second-order valence-electron chi connectivity index (χ2n) is 10.0. The molecule has 204 valence electrons. The van der Waals surface area contributed by atoms with Gasteiger partial charge in [-0.1, -0.05) is 26.3 Å². The van der Waals surface area contributed by atoms with Crippen LogP contribution in [0.1, 0.15) is 58.4 Å². The monoisotopic (exact) mass is 572 g/mol. The molecule has 1 aromatic carbocycles. The average Bonchev–Trinajstić information content (AvgIpc) is 2.86. The highest BCUT2D eigenvalue weighted by Gasteiger charge is 2.24.